The van der Waals surface area contributed by atoms with Crippen LogP contribution >= 0.6 is 0 Å². The molecule has 336 valence electrons. The molecular weight excluding hydrogens is 782 g/mol. The average Bonchev–Trinajstić information content (AvgIpc) is 3.06. The first-order valence-corrected chi connectivity index (χ1v) is 18.6. The Balaban J connectivity index is 0.000000951. The van der Waals surface area contributed by atoms with E-state index in [-0.39, 0.29) is 29.9 Å². The Morgan fingerprint density at radius 2 is 1.02 bits per heavy atom. The number of methoxy groups -OCH3 is 2. The lowest BCUT2D eigenvalue weighted by atomic mass is 10.0. The number of carbonyl (C=O) groups excluding carboxylic acids is 4. The first-order valence-electron chi connectivity index (χ1n) is 18.6. The Morgan fingerprint density at radius 1 is 0.655 bits per heavy atom. The minimum absolute atomic E-state index is 0.0778. The quantitative estimate of drug-likeness (QED) is 0.106. The Hall–Kier alpha value is -4.04. The molecule has 2 heterocycles. The van der Waals surface area contributed by atoms with E-state index >= 15 is 0 Å². The van der Waals surface area contributed by atoms with Gasteiger partial charge in [-0.1, -0.05) is 0 Å². The van der Waals surface area contributed by atoms with Gasteiger partial charge in [0.15, 0.2) is 0 Å². The zero-order chi connectivity index (χ0) is 45.2. The van der Waals surface area contributed by atoms with E-state index in [0.717, 1.165) is 0 Å². The number of alkyl halides is 6. The lowest BCUT2D eigenvalue weighted by molar-refractivity contribution is -0.179. The number of likely N-dealkylation sites (tertiary alicyclic amines) is 2. The molecule has 2 aliphatic rings. The van der Waals surface area contributed by atoms with Gasteiger partial charge in [0.25, 0.3) is 11.6 Å². The van der Waals surface area contributed by atoms with Gasteiger partial charge in [0.1, 0.15) is 11.2 Å². The molecule has 20 heteroatoms. The third-order valence-corrected chi connectivity index (χ3v) is 7.67. The third kappa shape index (κ3) is 24.0. The molecule has 0 aromatic rings. The van der Waals surface area contributed by atoms with E-state index in [1.165, 1.54) is 13.0 Å². The second kappa shape index (κ2) is 24.1. The van der Waals surface area contributed by atoms with Gasteiger partial charge in [-0.25, -0.2) is 9.59 Å². The zero-order valence-electron chi connectivity index (χ0n) is 36.0. The topological polar surface area (TPSA) is 142 Å². The van der Waals surface area contributed by atoms with Crippen LogP contribution in [0.5, 0.6) is 0 Å². The summed E-state index contributed by atoms with van der Waals surface area (Å²) in [7, 11) is 10.4. The molecule has 0 saturated carbocycles. The normalized spacial score (nSPS) is 16.6. The highest BCUT2D eigenvalue weighted by Crippen LogP contribution is 2.21. The fraction of sp³-hybridized carbons (Fsp3) is 0.737. The summed E-state index contributed by atoms with van der Waals surface area (Å²) in [4.78, 5) is 52.7. The monoisotopic (exact) mass is 846 g/mol. The van der Waals surface area contributed by atoms with Gasteiger partial charge in [-0.15, -0.1) is 0 Å². The van der Waals surface area contributed by atoms with Crippen LogP contribution in [0.15, 0.2) is 35.8 Å². The molecular formula is C38H64F6N6O8. The molecule has 0 radical (unpaired) electrons. The first kappa shape index (κ1) is 54.0. The Kier molecular flexibility index (Phi) is 22.5. The molecule has 2 aliphatic heterocycles. The van der Waals surface area contributed by atoms with Crippen molar-refractivity contribution < 1.29 is 64.5 Å². The number of ketones is 2. The molecule has 0 bridgehead atoms. The van der Waals surface area contributed by atoms with Gasteiger partial charge in [0.2, 0.25) is 6.41 Å². The Bertz CT molecular complexity index is 1380. The maximum Gasteiger partial charge on any atom is 0.454 e. The van der Waals surface area contributed by atoms with E-state index in [4.69, 9.17) is 18.9 Å². The molecule has 0 unspecified atom stereocenters. The molecule has 0 spiro atoms. The predicted molar refractivity (Wildman–Crippen MR) is 206 cm³/mol. The fourth-order valence-corrected chi connectivity index (χ4v) is 5.05. The van der Waals surface area contributed by atoms with E-state index < -0.39 is 47.3 Å². The van der Waals surface area contributed by atoms with Crippen molar-refractivity contribution in [3.8, 4) is 0 Å². The van der Waals surface area contributed by atoms with Crippen LogP contribution in [0.1, 0.15) is 74.1 Å². The van der Waals surface area contributed by atoms with Gasteiger partial charge in [-0.05, 0) is 94.3 Å². The third-order valence-electron chi connectivity index (χ3n) is 7.67. The molecule has 0 aromatic carbocycles. The standard InChI is InChI=1S/C18H28F3N3O3.C15H23F3N2O3.C5H13NO2/c1-17(2,3)27-16(26)24-10-7-13(8-11-24)22-14(6-9-23(4)5)12-15(25)18(19,20)21;1-10(9-12(21)15(16,17)18)19-11-5-7-20(8-6-11)13(22)23-14(2,3)4;1-6(2)5(7-3)8-4/h6,9,12-13,22H,7-8,10-11H2,1-5H3;9,11,19H,5-8H2,1-4H3;5H,1-4H3/b9-6+,14-12-;10-9-;. The van der Waals surface area contributed by atoms with Crippen LogP contribution in [-0.4, -0.2) is 154 Å². The molecule has 0 aromatic heterocycles. The van der Waals surface area contributed by atoms with Gasteiger partial charge in [0, 0.05) is 96.3 Å². The maximum absolute atomic E-state index is 12.5. The second-order valence-electron chi connectivity index (χ2n) is 15.9. The molecule has 58 heavy (non-hydrogen) atoms. The van der Waals surface area contributed by atoms with Gasteiger partial charge in [0.05, 0.1) is 0 Å². The van der Waals surface area contributed by atoms with Crippen molar-refractivity contribution in [1.29, 1.82) is 0 Å². The van der Waals surface area contributed by atoms with Gasteiger partial charge in [-0.3, -0.25) is 14.5 Å². The minimum atomic E-state index is -4.92. The Labute approximate surface area is 338 Å². The molecule has 2 fully saturated rings. The molecule has 14 nitrogen and oxygen atoms in total. The van der Waals surface area contributed by atoms with Crippen molar-refractivity contribution in [3.63, 3.8) is 0 Å². The largest absolute Gasteiger partial charge is 0.454 e. The smallest absolute Gasteiger partial charge is 0.444 e. The Morgan fingerprint density at radius 3 is 1.31 bits per heavy atom. The second-order valence-corrected chi connectivity index (χ2v) is 15.9. The van der Waals surface area contributed by atoms with Crippen molar-refractivity contribution >= 4 is 23.8 Å². The van der Waals surface area contributed by atoms with Crippen LogP contribution in [0.2, 0.25) is 0 Å². The summed E-state index contributed by atoms with van der Waals surface area (Å²) in [6.07, 6.45) is -4.49. The number of rotatable bonds is 11. The van der Waals surface area contributed by atoms with Gasteiger partial charge < -0.3 is 44.3 Å². The lowest BCUT2D eigenvalue weighted by Crippen LogP contribution is -2.46. The van der Waals surface area contributed by atoms with E-state index in [9.17, 15) is 45.5 Å². The van der Waals surface area contributed by atoms with Gasteiger partial charge >= 0.3 is 24.5 Å². The number of hydrogen-bond acceptors (Lipinski definition) is 12. The van der Waals surface area contributed by atoms with Crippen LogP contribution in [0.4, 0.5) is 35.9 Å². The van der Waals surface area contributed by atoms with Crippen molar-refractivity contribution in [2.24, 2.45) is 0 Å². The molecule has 2 rings (SSSR count). The summed E-state index contributed by atoms with van der Waals surface area (Å²) in [5.74, 6) is -3.80. The minimum Gasteiger partial charge on any atom is -0.444 e. The van der Waals surface area contributed by atoms with E-state index in [1.54, 1.807) is 90.8 Å². The van der Waals surface area contributed by atoms with Gasteiger partial charge in [-0.2, -0.15) is 26.3 Å². The number of allylic oxidation sites excluding steroid dienone is 4. The number of carbonyl (C=O) groups is 4. The zero-order valence-corrected chi connectivity index (χ0v) is 36.0. The molecule has 0 aliphatic carbocycles. The summed E-state index contributed by atoms with van der Waals surface area (Å²) >= 11 is 0. The van der Waals surface area contributed by atoms with Crippen molar-refractivity contribution in [1.82, 2.24) is 30.2 Å². The van der Waals surface area contributed by atoms with E-state index in [2.05, 4.69) is 10.6 Å². The number of ether oxygens (including phenoxy) is 4. The molecule has 2 saturated heterocycles. The SMILES string of the molecule is C/C(=C/C(=O)C(F)(F)F)NC1CCN(C(=O)OC(C)(C)C)CC1.CN(C)/C=C/C(=C/C(=O)C(F)(F)F)NC1CCN(C(=O)OC(C)(C)C)CC1.COC(OC)N(C)C. The van der Waals surface area contributed by atoms with Crippen molar-refractivity contribution in [3.05, 3.63) is 35.8 Å². The molecule has 2 N–H and O–H groups in total. The average molecular weight is 847 g/mol. The highest BCUT2D eigenvalue weighted by Gasteiger charge is 2.38. The predicted octanol–water partition coefficient (Wildman–Crippen LogP) is 6.20. The van der Waals surface area contributed by atoms with Crippen LogP contribution < -0.4 is 10.6 Å². The van der Waals surface area contributed by atoms with Crippen LogP contribution in [0, 0.1) is 0 Å². The number of nitrogens with zero attached hydrogens (tertiary/aromatic N) is 4. The summed E-state index contributed by atoms with van der Waals surface area (Å²) in [6, 6.07) is -0.228. The fourth-order valence-electron chi connectivity index (χ4n) is 5.05. The lowest BCUT2D eigenvalue weighted by Gasteiger charge is -2.34. The van der Waals surface area contributed by atoms with E-state index in [0.29, 0.717) is 64.0 Å². The van der Waals surface area contributed by atoms with Crippen LogP contribution in [0.25, 0.3) is 0 Å². The summed E-state index contributed by atoms with van der Waals surface area (Å²) in [5, 5.41) is 5.86. The number of halogens is 6. The van der Waals surface area contributed by atoms with Crippen molar-refractivity contribution in [2.45, 2.75) is 116 Å². The number of nitrogens with one attached hydrogen (secondary N) is 2. The molecule has 2 amide bonds. The number of piperidine rings is 2. The summed E-state index contributed by atoms with van der Waals surface area (Å²) in [5.41, 5.74) is -0.898. The molecule has 0 atom stereocenters. The number of amides is 2. The summed E-state index contributed by atoms with van der Waals surface area (Å²) < 4.78 is 94.5. The van der Waals surface area contributed by atoms with Crippen LogP contribution in [0.3, 0.4) is 0 Å². The highest BCUT2D eigenvalue weighted by molar-refractivity contribution is 5.95. The number of hydrogen-bond donors (Lipinski definition) is 2. The highest BCUT2D eigenvalue weighted by atomic mass is 19.4. The first-order chi connectivity index (χ1) is 26.4. The summed E-state index contributed by atoms with van der Waals surface area (Å²) in [6.45, 7) is 13.9. The van der Waals surface area contributed by atoms with E-state index in [1.807, 2.05) is 19.0 Å². The maximum atomic E-state index is 12.5. The van der Waals surface area contributed by atoms with Crippen LogP contribution in [-0.2, 0) is 28.5 Å². The van der Waals surface area contributed by atoms with Crippen molar-refractivity contribution in [2.75, 3.05) is 68.6 Å².